The van der Waals surface area contributed by atoms with Crippen LogP contribution in [0.15, 0.2) is 47.6 Å². The number of hydrogen-bond donors (Lipinski definition) is 3. The molecule has 1 aromatic heterocycles. The number of aromatic nitrogens is 3. The first-order valence-corrected chi connectivity index (χ1v) is 9.83. The van der Waals surface area contributed by atoms with Crippen LogP contribution in [0.3, 0.4) is 0 Å². The zero-order valence-corrected chi connectivity index (χ0v) is 17.0. The molecule has 1 heterocycles. The molecule has 0 saturated carbocycles. The molecule has 0 aliphatic rings. The number of H-pyrrole nitrogens is 1. The molecule has 28 heavy (non-hydrogen) atoms. The van der Waals surface area contributed by atoms with Crippen LogP contribution in [0.1, 0.15) is 6.92 Å². The molecule has 0 saturated heterocycles. The summed E-state index contributed by atoms with van der Waals surface area (Å²) in [7, 11) is 0. The second-order valence-corrected chi connectivity index (χ2v) is 7.45. The van der Waals surface area contributed by atoms with Gasteiger partial charge in [-0.1, -0.05) is 47.1 Å². The number of benzene rings is 2. The van der Waals surface area contributed by atoms with Crippen molar-refractivity contribution in [3.05, 3.63) is 52.5 Å². The summed E-state index contributed by atoms with van der Waals surface area (Å²) in [6.07, 6.45) is 0. The van der Waals surface area contributed by atoms with E-state index >= 15 is 0 Å². The minimum atomic E-state index is -0.220. The third-order valence-electron chi connectivity index (χ3n) is 3.46. The summed E-state index contributed by atoms with van der Waals surface area (Å²) >= 11 is 13.0. The van der Waals surface area contributed by atoms with Crippen LogP contribution in [-0.2, 0) is 9.59 Å². The molecule has 7 nitrogen and oxygen atoms in total. The Morgan fingerprint density at radius 2 is 1.86 bits per heavy atom. The van der Waals surface area contributed by atoms with Crippen molar-refractivity contribution in [1.82, 2.24) is 15.2 Å². The van der Waals surface area contributed by atoms with Gasteiger partial charge in [-0.15, -0.1) is 5.10 Å². The van der Waals surface area contributed by atoms with Gasteiger partial charge in [0.1, 0.15) is 0 Å². The molecule has 2 amide bonds. The van der Waals surface area contributed by atoms with E-state index in [9.17, 15) is 9.59 Å². The van der Waals surface area contributed by atoms with Crippen LogP contribution in [-0.4, -0.2) is 32.7 Å². The molecule has 3 aromatic rings. The third kappa shape index (κ3) is 5.48. The van der Waals surface area contributed by atoms with Gasteiger partial charge in [0, 0.05) is 23.9 Å². The van der Waals surface area contributed by atoms with Crippen LogP contribution in [0.2, 0.25) is 10.0 Å². The summed E-state index contributed by atoms with van der Waals surface area (Å²) < 4.78 is 0. The molecule has 144 valence electrons. The predicted molar refractivity (Wildman–Crippen MR) is 112 cm³/mol. The molecule has 3 rings (SSSR count). The van der Waals surface area contributed by atoms with Crippen molar-refractivity contribution in [3.63, 3.8) is 0 Å². The lowest BCUT2D eigenvalue weighted by atomic mass is 10.2. The number of nitrogens with one attached hydrogen (secondary N) is 3. The quantitative estimate of drug-likeness (QED) is 0.496. The molecule has 10 heteroatoms. The Morgan fingerprint density at radius 3 is 2.61 bits per heavy atom. The highest BCUT2D eigenvalue weighted by Gasteiger charge is 2.10. The Labute approximate surface area is 175 Å². The van der Waals surface area contributed by atoms with E-state index in [1.165, 1.54) is 18.7 Å². The lowest BCUT2D eigenvalue weighted by molar-refractivity contribution is -0.114. The molecular formula is C18H15Cl2N5O2S. The monoisotopic (exact) mass is 435 g/mol. The summed E-state index contributed by atoms with van der Waals surface area (Å²) in [5.74, 6) is 0.296. The Kier molecular flexibility index (Phi) is 6.56. The maximum Gasteiger partial charge on any atom is 0.234 e. The van der Waals surface area contributed by atoms with Crippen LogP contribution in [0.25, 0.3) is 11.4 Å². The number of anilines is 2. The van der Waals surface area contributed by atoms with Gasteiger partial charge in [0.15, 0.2) is 5.82 Å². The van der Waals surface area contributed by atoms with E-state index < -0.39 is 0 Å². The predicted octanol–water partition coefficient (Wildman–Crippen LogP) is 4.47. The van der Waals surface area contributed by atoms with Gasteiger partial charge in [-0.25, -0.2) is 4.98 Å². The first kappa shape index (κ1) is 20.2. The van der Waals surface area contributed by atoms with Crippen LogP contribution in [0.4, 0.5) is 11.4 Å². The Balaban J connectivity index is 1.59. The molecule has 0 atom stereocenters. The van der Waals surface area contributed by atoms with E-state index in [2.05, 4.69) is 25.8 Å². The van der Waals surface area contributed by atoms with E-state index in [-0.39, 0.29) is 17.6 Å². The number of thioether (sulfide) groups is 1. The molecule has 2 aromatic carbocycles. The number of hydrogen-bond acceptors (Lipinski definition) is 5. The van der Waals surface area contributed by atoms with Crippen LogP contribution in [0.5, 0.6) is 0 Å². The van der Waals surface area contributed by atoms with Gasteiger partial charge in [0.05, 0.1) is 15.8 Å². The number of carbonyl (C=O) groups is 2. The molecule has 0 spiro atoms. The highest BCUT2D eigenvalue weighted by Crippen LogP contribution is 2.25. The number of nitrogens with zero attached hydrogens (tertiary/aromatic N) is 2. The maximum absolute atomic E-state index is 12.1. The van der Waals surface area contributed by atoms with Crippen LogP contribution >= 0.6 is 35.0 Å². The molecule has 0 aliphatic carbocycles. The molecule has 0 aliphatic heterocycles. The van der Waals surface area contributed by atoms with E-state index in [0.717, 1.165) is 5.56 Å². The lowest BCUT2D eigenvalue weighted by Crippen LogP contribution is -2.14. The van der Waals surface area contributed by atoms with E-state index in [4.69, 9.17) is 23.2 Å². The van der Waals surface area contributed by atoms with E-state index in [1.54, 1.807) is 36.4 Å². The number of halogens is 2. The molecule has 0 radical (unpaired) electrons. The number of aromatic amines is 1. The van der Waals surface area contributed by atoms with Gasteiger partial charge in [-0.05, 0) is 30.3 Å². The smallest absolute Gasteiger partial charge is 0.234 e. The van der Waals surface area contributed by atoms with Crippen molar-refractivity contribution in [1.29, 1.82) is 0 Å². The summed E-state index contributed by atoms with van der Waals surface area (Å²) in [6, 6.07) is 12.1. The van der Waals surface area contributed by atoms with Gasteiger partial charge in [-0.3, -0.25) is 14.7 Å². The van der Waals surface area contributed by atoms with Crippen molar-refractivity contribution in [3.8, 4) is 11.4 Å². The Hall–Kier alpha value is -2.55. The van der Waals surface area contributed by atoms with Crippen molar-refractivity contribution >= 4 is 58.2 Å². The largest absolute Gasteiger partial charge is 0.326 e. The lowest BCUT2D eigenvalue weighted by Gasteiger charge is -2.05. The molecule has 0 bridgehead atoms. The van der Waals surface area contributed by atoms with Gasteiger partial charge < -0.3 is 10.6 Å². The summed E-state index contributed by atoms with van der Waals surface area (Å²) in [4.78, 5) is 27.6. The fourth-order valence-electron chi connectivity index (χ4n) is 2.29. The Morgan fingerprint density at radius 1 is 1.07 bits per heavy atom. The standard InChI is InChI=1S/C18H15Cl2N5O2S/c1-10(26)21-12-4-2-3-11(7-12)17-23-18(25-24-17)28-9-16(27)22-13-5-6-14(19)15(20)8-13/h2-8H,9H2,1H3,(H,21,26)(H,22,27)(H,23,24,25). The van der Waals surface area contributed by atoms with Gasteiger partial charge >= 0.3 is 0 Å². The summed E-state index contributed by atoms with van der Waals surface area (Å²) in [5, 5.41) is 13.6. The van der Waals surface area contributed by atoms with Gasteiger partial charge in [-0.2, -0.15) is 0 Å². The minimum Gasteiger partial charge on any atom is -0.326 e. The maximum atomic E-state index is 12.1. The first-order chi connectivity index (χ1) is 13.4. The van der Waals surface area contributed by atoms with Crippen molar-refractivity contribution in [2.45, 2.75) is 12.1 Å². The highest BCUT2D eigenvalue weighted by atomic mass is 35.5. The van der Waals surface area contributed by atoms with Crippen molar-refractivity contribution in [2.75, 3.05) is 16.4 Å². The third-order valence-corrected chi connectivity index (χ3v) is 5.04. The molecular weight excluding hydrogens is 421 g/mol. The first-order valence-electron chi connectivity index (χ1n) is 8.09. The second kappa shape index (κ2) is 9.09. The summed E-state index contributed by atoms with van der Waals surface area (Å²) in [6.45, 7) is 1.44. The van der Waals surface area contributed by atoms with E-state index in [0.29, 0.717) is 32.4 Å². The highest BCUT2D eigenvalue weighted by molar-refractivity contribution is 7.99. The SMILES string of the molecule is CC(=O)Nc1cccc(-c2nc(SCC(=O)Nc3ccc(Cl)c(Cl)c3)n[nH]2)c1. The zero-order valence-electron chi connectivity index (χ0n) is 14.6. The Bertz CT molecular complexity index is 1020. The van der Waals surface area contributed by atoms with Gasteiger partial charge in [0.25, 0.3) is 0 Å². The number of amides is 2. The van der Waals surface area contributed by atoms with Crippen LogP contribution < -0.4 is 10.6 Å². The molecule has 3 N–H and O–H groups in total. The topological polar surface area (TPSA) is 99.8 Å². The van der Waals surface area contributed by atoms with Crippen molar-refractivity contribution < 1.29 is 9.59 Å². The number of carbonyl (C=O) groups excluding carboxylic acids is 2. The summed E-state index contributed by atoms with van der Waals surface area (Å²) in [5.41, 5.74) is 1.99. The fraction of sp³-hybridized carbons (Fsp3) is 0.111. The zero-order chi connectivity index (χ0) is 20.1. The van der Waals surface area contributed by atoms with E-state index in [1.807, 2.05) is 6.07 Å². The fourth-order valence-corrected chi connectivity index (χ4v) is 3.19. The van der Waals surface area contributed by atoms with Crippen LogP contribution in [0, 0.1) is 0 Å². The minimum absolute atomic E-state index is 0.128. The molecule has 0 fully saturated rings. The molecule has 0 unspecified atom stereocenters. The van der Waals surface area contributed by atoms with Crippen molar-refractivity contribution in [2.24, 2.45) is 0 Å². The normalized spacial score (nSPS) is 10.5. The average Bonchev–Trinajstić information content (AvgIpc) is 3.12. The second-order valence-electron chi connectivity index (χ2n) is 5.69. The number of rotatable bonds is 6. The average molecular weight is 436 g/mol. The van der Waals surface area contributed by atoms with Gasteiger partial charge in [0.2, 0.25) is 17.0 Å².